The van der Waals surface area contributed by atoms with Gasteiger partial charge < -0.3 is 20.1 Å². The summed E-state index contributed by atoms with van der Waals surface area (Å²) in [5.41, 5.74) is 0.529. The molecule has 36 heavy (non-hydrogen) atoms. The van der Waals surface area contributed by atoms with E-state index in [2.05, 4.69) is 10.6 Å². The Bertz CT molecular complexity index is 1340. The molecule has 0 unspecified atom stereocenters. The largest absolute Gasteiger partial charge is 0.351 e. The second-order valence-electron chi connectivity index (χ2n) is 10.1. The molecule has 1 aliphatic carbocycles. The van der Waals surface area contributed by atoms with Crippen LogP contribution in [0.2, 0.25) is 0 Å². The summed E-state index contributed by atoms with van der Waals surface area (Å²) in [4.78, 5) is 41.6. The van der Waals surface area contributed by atoms with Gasteiger partial charge in [-0.1, -0.05) is 55.7 Å². The third kappa shape index (κ3) is 4.14. The van der Waals surface area contributed by atoms with Crippen LogP contribution in [0.25, 0.3) is 10.9 Å². The molecular formula is C28H31FN4O3. The molecule has 1 aliphatic heterocycles. The second kappa shape index (κ2) is 9.41. The first kappa shape index (κ1) is 24.0. The van der Waals surface area contributed by atoms with Gasteiger partial charge in [-0.25, -0.2) is 4.39 Å². The van der Waals surface area contributed by atoms with Crippen LogP contribution in [0.1, 0.15) is 62.0 Å². The van der Waals surface area contributed by atoms with Crippen LogP contribution < -0.4 is 10.6 Å². The summed E-state index contributed by atoms with van der Waals surface area (Å²) < 4.78 is 16.5. The van der Waals surface area contributed by atoms with E-state index in [4.69, 9.17) is 0 Å². The number of hydrogen-bond donors (Lipinski definition) is 2. The topological polar surface area (TPSA) is 83.4 Å². The number of fused-ring (bicyclic) bond motifs is 3. The third-order valence-electron chi connectivity index (χ3n) is 7.50. The maximum atomic E-state index is 14.7. The Morgan fingerprint density at radius 1 is 1.06 bits per heavy atom. The van der Waals surface area contributed by atoms with Crippen molar-refractivity contribution in [2.75, 3.05) is 5.32 Å². The van der Waals surface area contributed by atoms with Gasteiger partial charge in [0, 0.05) is 23.9 Å². The molecule has 3 amide bonds. The Morgan fingerprint density at radius 2 is 1.75 bits per heavy atom. The first-order chi connectivity index (χ1) is 17.3. The van der Waals surface area contributed by atoms with E-state index in [0.29, 0.717) is 16.9 Å². The number of halogens is 1. The number of aromatic nitrogens is 1. The first-order valence-electron chi connectivity index (χ1n) is 12.5. The number of carbonyl (C=O) groups excluding carboxylic acids is 3. The Hall–Kier alpha value is -3.68. The smallest absolute Gasteiger partial charge is 0.273 e. The van der Waals surface area contributed by atoms with Crippen LogP contribution in [-0.2, 0) is 22.7 Å². The highest BCUT2D eigenvalue weighted by Gasteiger charge is 2.49. The van der Waals surface area contributed by atoms with Gasteiger partial charge in [-0.3, -0.25) is 14.4 Å². The zero-order chi connectivity index (χ0) is 25.4. The molecule has 0 radical (unpaired) electrons. The van der Waals surface area contributed by atoms with Crippen molar-refractivity contribution < 1.29 is 18.8 Å². The van der Waals surface area contributed by atoms with Gasteiger partial charge in [0.05, 0.1) is 24.3 Å². The van der Waals surface area contributed by atoms with E-state index in [1.54, 1.807) is 25.1 Å². The first-order valence-corrected chi connectivity index (χ1v) is 12.5. The van der Waals surface area contributed by atoms with E-state index in [-0.39, 0.29) is 30.9 Å². The standard InChI is InChI=1S/C28H31FN4O3/c1-18(34)30-24-21-13-7-9-15-23(21)32-17-28(2,27(36)31-20-11-4-3-5-12-20)33(26(35)25(24)32)16-19-10-6-8-14-22(19)29/h6-10,13-15,20H,3-5,11-12,16-17H2,1-2H3,(H,30,34)(H,31,36)/t28-/m0/s1. The molecule has 1 fully saturated rings. The zero-order valence-corrected chi connectivity index (χ0v) is 20.6. The number of rotatable bonds is 5. The molecule has 5 rings (SSSR count). The number of anilines is 1. The Balaban J connectivity index is 1.63. The van der Waals surface area contributed by atoms with Gasteiger partial charge in [0.25, 0.3) is 5.91 Å². The number of para-hydroxylation sites is 1. The molecule has 0 bridgehead atoms. The van der Waals surface area contributed by atoms with Crippen LogP contribution in [0, 0.1) is 5.82 Å². The molecule has 1 aromatic heterocycles. The summed E-state index contributed by atoms with van der Waals surface area (Å²) >= 11 is 0. The molecular weight excluding hydrogens is 459 g/mol. The van der Waals surface area contributed by atoms with Gasteiger partial charge in [0.1, 0.15) is 17.1 Å². The van der Waals surface area contributed by atoms with Crippen molar-refractivity contribution in [2.24, 2.45) is 0 Å². The monoisotopic (exact) mass is 490 g/mol. The highest BCUT2D eigenvalue weighted by Crippen LogP contribution is 2.39. The molecule has 2 heterocycles. The van der Waals surface area contributed by atoms with Crippen molar-refractivity contribution in [1.82, 2.24) is 14.8 Å². The van der Waals surface area contributed by atoms with Gasteiger partial charge in [0.15, 0.2) is 0 Å². The number of hydrogen-bond acceptors (Lipinski definition) is 3. The van der Waals surface area contributed by atoms with Crippen molar-refractivity contribution in [2.45, 2.75) is 70.6 Å². The van der Waals surface area contributed by atoms with E-state index in [9.17, 15) is 18.8 Å². The van der Waals surface area contributed by atoms with Gasteiger partial charge >= 0.3 is 0 Å². The third-order valence-corrected chi connectivity index (χ3v) is 7.50. The van der Waals surface area contributed by atoms with Gasteiger partial charge in [-0.15, -0.1) is 0 Å². The lowest BCUT2D eigenvalue weighted by molar-refractivity contribution is -0.134. The van der Waals surface area contributed by atoms with Crippen LogP contribution >= 0.6 is 0 Å². The number of carbonyl (C=O) groups is 3. The summed E-state index contributed by atoms with van der Waals surface area (Å²) in [6.45, 7) is 3.26. The average molecular weight is 491 g/mol. The van der Waals surface area contributed by atoms with Crippen LogP contribution in [0.5, 0.6) is 0 Å². The van der Waals surface area contributed by atoms with Gasteiger partial charge in [0.2, 0.25) is 11.8 Å². The van der Waals surface area contributed by atoms with Crippen molar-refractivity contribution in [1.29, 1.82) is 0 Å². The SMILES string of the molecule is CC(=O)Nc1c2n(c3ccccc13)C[C@@](C)(C(=O)NC1CCCCC1)N(Cc1ccccc1F)C2=O. The van der Waals surface area contributed by atoms with Crippen molar-refractivity contribution in [3.8, 4) is 0 Å². The summed E-state index contributed by atoms with van der Waals surface area (Å²) in [6.07, 6.45) is 5.10. The fourth-order valence-corrected chi connectivity index (χ4v) is 5.56. The number of benzene rings is 2. The molecule has 2 aliphatic rings. The molecule has 188 valence electrons. The summed E-state index contributed by atoms with van der Waals surface area (Å²) in [7, 11) is 0. The summed E-state index contributed by atoms with van der Waals surface area (Å²) in [5.74, 6) is -1.41. The highest BCUT2D eigenvalue weighted by molar-refractivity contribution is 6.14. The maximum Gasteiger partial charge on any atom is 0.273 e. The lowest BCUT2D eigenvalue weighted by Gasteiger charge is -2.45. The van der Waals surface area contributed by atoms with Crippen molar-refractivity contribution in [3.05, 3.63) is 65.6 Å². The van der Waals surface area contributed by atoms with Crippen LogP contribution in [0.4, 0.5) is 10.1 Å². The molecule has 8 heteroatoms. The molecule has 3 aromatic rings. The Labute approximate surface area is 209 Å². The quantitative estimate of drug-likeness (QED) is 0.548. The molecule has 0 saturated heterocycles. The minimum absolute atomic E-state index is 0.0613. The van der Waals surface area contributed by atoms with Crippen LogP contribution in [-0.4, -0.2) is 38.8 Å². The lowest BCUT2D eigenvalue weighted by atomic mass is 9.91. The summed E-state index contributed by atoms with van der Waals surface area (Å²) in [6, 6.07) is 13.8. The van der Waals surface area contributed by atoms with Gasteiger partial charge in [-0.2, -0.15) is 0 Å². The number of amides is 3. The number of nitrogens with one attached hydrogen (secondary N) is 2. The number of nitrogens with zero attached hydrogens (tertiary/aromatic N) is 2. The minimum Gasteiger partial charge on any atom is -0.351 e. The average Bonchev–Trinajstić information content (AvgIpc) is 3.16. The Morgan fingerprint density at radius 3 is 2.47 bits per heavy atom. The van der Waals surface area contributed by atoms with E-state index in [1.165, 1.54) is 17.9 Å². The van der Waals surface area contributed by atoms with Crippen LogP contribution in [0.15, 0.2) is 48.5 Å². The van der Waals surface area contributed by atoms with Crippen molar-refractivity contribution >= 4 is 34.3 Å². The maximum absolute atomic E-state index is 14.7. The lowest BCUT2D eigenvalue weighted by Crippen LogP contribution is -2.64. The molecule has 7 nitrogen and oxygen atoms in total. The second-order valence-corrected chi connectivity index (χ2v) is 10.1. The molecule has 1 atom stereocenters. The van der Waals surface area contributed by atoms with Crippen molar-refractivity contribution in [3.63, 3.8) is 0 Å². The Kier molecular flexibility index (Phi) is 6.28. The van der Waals surface area contributed by atoms with Gasteiger partial charge in [-0.05, 0) is 31.9 Å². The van der Waals surface area contributed by atoms with E-state index < -0.39 is 17.3 Å². The molecule has 2 N–H and O–H groups in total. The predicted octanol–water partition coefficient (Wildman–Crippen LogP) is 4.60. The fraction of sp³-hybridized carbons (Fsp3) is 0.393. The van der Waals surface area contributed by atoms with E-state index >= 15 is 0 Å². The normalized spacial score (nSPS) is 20.3. The fourth-order valence-electron chi connectivity index (χ4n) is 5.56. The zero-order valence-electron chi connectivity index (χ0n) is 20.6. The highest BCUT2D eigenvalue weighted by atomic mass is 19.1. The molecule has 2 aromatic carbocycles. The van der Waals surface area contributed by atoms with E-state index in [1.807, 2.05) is 28.8 Å². The van der Waals surface area contributed by atoms with Crippen LogP contribution in [0.3, 0.4) is 0 Å². The minimum atomic E-state index is -1.26. The van der Waals surface area contributed by atoms with E-state index in [0.717, 1.165) is 43.0 Å². The molecule has 0 spiro atoms. The predicted molar refractivity (Wildman–Crippen MR) is 136 cm³/mol. The summed E-state index contributed by atoms with van der Waals surface area (Å²) in [5, 5.41) is 6.73. The molecule has 1 saturated carbocycles.